The van der Waals surface area contributed by atoms with Crippen molar-refractivity contribution in [1.29, 1.82) is 0 Å². The molecule has 17 nitrogen and oxygen atoms in total. The van der Waals surface area contributed by atoms with Gasteiger partial charge in [0, 0.05) is 25.7 Å². The summed E-state index contributed by atoms with van der Waals surface area (Å²) in [6.45, 7) is 4.36. The highest BCUT2D eigenvalue weighted by Crippen LogP contribution is 2.45. The average Bonchev–Trinajstić information content (AvgIpc) is 0.933. The van der Waals surface area contributed by atoms with E-state index in [-0.39, 0.29) is 25.7 Å². The Balaban J connectivity index is 5.47. The van der Waals surface area contributed by atoms with Gasteiger partial charge in [-0.1, -0.05) is 261 Å². The third-order valence-electron chi connectivity index (χ3n) is 15.8. The van der Waals surface area contributed by atoms with Gasteiger partial charge in [-0.05, 0) is 180 Å². The van der Waals surface area contributed by atoms with Crippen molar-refractivity contribution in [1.82, 2.24) is 0 Å². The van der Waals surface area contributed by atoms with E-state index in [4.69, 9.17) is 37.0 Å². The number of rotatable bonds is 73. The number of aliphatic hydroxyl groups excluding tert-OH is 1. The second-order valence-electron chi connectivity index (χ2n) is 25.9. The molecule has 0 aromatic rings. The predicted octanol–water partition coefficient (Wildman–Crippen LogP) is 23.6. The van der Waals surface area contributed by atoms with Gasteiger partial charge in [0.25, 0.3) is 0 Å². The second-order valence-corrected chi connectivity index (χ2v) is 28.8. The Morgan fingerprint density at radius 3 is 0.792 bits per heavy atom. The van der Waals surface area contributed by atoms with Gasteiger partial charge in [-0.15, -0.1) is 0 Å². The molecular weight excluding hydrogens is 1380 g/mol. The predicted molar refractivity (Wildman–Crippen MR) is 436 cm³/mol. The SMILES string of the molecule is CC/C=C\C/C=C\C/C=C\C/C=C\C/C=C\CCCCCC(=O)OCC(COP(=O)(O)OCC(O)COP(=O)(O)OCC(COC(=O)CCCCC/C=C\C/C=C\C/C=C\C/C=C\C/C=C\CC)OC(=O)CCCCCCC/C=C\CCCCCC)OC(=O)CCCC/C=C\C/C=C\C/C=C\C/C=C\CC. The maximum absolute atomic E-state index is 13.1. The molecule has 600 valence electrons. The molecule has 5 unspecified atom stereocenters. The Morgan fingerprint density at radius 2 is 0.491 bits per heavy atom. The van der Waals surface area contributed by atoms with E-state index in [1.165, 1.54) is 25.7 Å². The second kappa shape index (κ2) is 77.3. The van der Waals surface area contributed by atoms with Crippen molar-refractivity contribution in [3.8, 4) is 0 Å². The summed E-state index contributed by atoms with van der Waals surface area (Å²) < 4.78 is 68.5. The summed E-state index contributed by atoms with van der Waals surface area (Å²) in [6, 6.07) is 0. The van der Waals surface area contributed by atoms with Gasteiger partial charge in [-0.25, -0.2) is 9.13 Å². The number of hydrogen-bond acceptors (Lipinski definition) is 15. The van der Waals surface area contributed by atoms with Crippen molar-refractivity contribution in [3.05, 3.63) is 182 Å². The van der Waals surface area contributed by atoms with Gasteiger partial charge in [0.1, 0.15) is 19.3 Å². The van der Waals surface area contributed by atoms with Crippen molar-refractivity contribution in [2.24, 2.45) is 0 Å². The van der Waals surface area contributed by atoms with Crippen LogP contribution in [0.2, 0.25) is 0 Å². The van der Waals surface area contributed by atoms with E-state index in [9.17, 15) is 43.2 Å². The summed E-state index contributed by atoms with van der Waals surface area (Å²) in [5.74, 6) is -2.32. The van der Waals surface area contributed by atoms with E-state index in [1.54, 1.807) is 0 Å². The van der Waals surface area contributed by atoms with Gasteiger partial charge in [0.2, 0.25) is 0 Å². The number of aliphatic hydroxyl groups is 1. The number of carbonyl (C=O) groups is 4. The minimum absolute atomic E-state index is 0.0272. The molecule has 0 aromatic heterocycles. The fourth-order valence-electron chi connectivity index (χ4n) is 9.85. The van der Waals surface area contributed by atoms with Crippen LogP contribution in [0, 0.1) is 0 Å². The molecule has 0 aliphatic rings. The first kappa shape index (κ1) is 100. The molecule has 0 amide bonds. The van der Waals surface area contributed by atoms with Crippen LogP contribution in [0.15, 0.2) is 182 Å². The van der Waals surface area contributed by atoms with Gasteiger partial charge in [0.05, 0.1) is 26.4 Å². The van der Waals surface area contributed by atoms with Crippen molar-refractivity contribution in [2.75, 3.05) is 39.6 Å². The first-order valence-corrected chi connectivity index (χ1v) is 43.0. The number of phosphoric ester groups is 2. The molecule has 19 heteroatoms. The van der Waals surface area contributed by atoms with Gasteiger partial charge in [0.15, 0.2) is 12.2 Å². The van der Waals surface area contributed by atoms with Crippen LogP contribution in [0.3, 0.4) is 0 Å². The van der Waals surface area contributed by atoms with Crippen molar-refractivity contribution in [2.45, 2.75) is 303 Å². The third-order valence-corrected chi connectivity index (χ3v) is 17.7. The van der Waals surface area contributed by atoms with Crippen LogP contribution in [0.1, 0.15) is 285 Å². The molecule has 0 radical (unpaired) electrons. The highest BCUT2D eigenvalue weighted by molar-refractivity contribution is 7.47. The molecule has 0 saturated heterocycles. The molecule has 0 fully saturated rings. The fourth-order valence-corrected chi connectivity index (χ4v) is 11.4. The summed E-state index contributed by atoms with van der Waals surface area (Å²) in [5, 5.41) is 10.6. The third kappa shape index (κ3) is 76.4. The van der Waals surface area contributed by atoms with E-state index >= 15 is 0 Å². The molecule has 3 N–H and O–H groups in total. The molecule has 0 bridgehead atoms. The number of hydrogen-bond donors (Lipinski definition) is 3. The Hall–Kier alpha value is -5.84. The van der Waals surface area contributed by atoms with Crippen LogP contribution in [0.4, 0.5) is 0 Å². The lowest BCUT2D eigenvalue weighted by Gasteiger charge is -2.21. The Kier molecular flexibility index (Phi) is 73.1. The maximum atomic E-state index is 13.1. The Labute approximate surface area is 641 Å². The van der Waals surface area contributed by atoms with Crippen molar-refractivity contribution >= 4 is 39.5 Å². The molecule has 0 aliphatic heterocycles. The zero-order chi connectivity index (χ0) is 77.4. The lowest BCUT2D eigenvalue weighted by Crippen LogP contribution is -2.30. The normalized spacial score (nSPS) is 14.8. The largest absolute Gasteiger partial charge is 0.472 e. The number of allylic oxidation sites excluding steroid dienone is 30. The minimum Gasteiger partial charge on any atom is -0.462 e. The van der Waals surface area contributed by atoms with Crippen LogP contribution in [0.25, 0.3) is 0 Å². The standard InChI is InChI=1S/C87H140O17P2/c1-5-9-13-17-21-25-29-33-36-38-40-42-45-48-51-55-59-63-67-71-84(89)97-77-82(103-86(91)73-69-65-61-57-53-47-32-28-24-20-16-12-8-4)79-101-105(93,94)99-75-81(88)76-100-106(95,96)102-80-83(104-87(92)74-70-66-62-58-54-50-44-35-31-27-23-19-15-11-7-3)78-98-85(90)72-68-64-60-56-52-49-46-43-41-39-37-34-30-26-22-18-14-10-6-2/h9-11,13-15,21-23,25-28,32-37,40-44,48-49,51-52,54,58,81-83,88H,5-8,12,16-20,24,29-31,38-39,45-47,50,53,55-57,59-80H2,1-4H3,(H,93,94)(H,95,96)/b13-9-,14-10-,15-11-,25-21-,26-22-,27-23-,32-28-,36-33-,37-34-,42-40-,43-41-,44-35-,51-48-,52-49-,58-54-. The van der Waals surface area contributed by atoms with Crippen LogP contribution in [-0.4, -0.2) is 96.7 Å². The monoisotopic (exact) mass is 1520 g/mol. The Bertz CT molecular complexity index is 2730. The lowest BCUT2D eigenvalue weighted by molar-refractivity contribution is -0.161. The number of phosphoric acid groups is 2. The zero-order valence-corrected chi connectivity index (χ0v) is 67.3. The van der Waals surface area contributed by atoms with Crippen LogP contribution in [-0.2, 0) is 65.4 Å². The summed E-state index contributed by atoms with van der Waals surface area (Å²) >= 11 is 0. The van der Waals surface area contributed by atoms with E-state index in [1.807, 2.05) is 0 Å². The summed E-state index contributed by atoms with van der Waals surface area (Å²) in [5.41, 5.74) is 0. The van der Waals surface area contributed by atoms with Crippen LogP contribution in [0.5, 0.6) is 0 Å². The highest BCUT2D eigenvalue weighted by atomic mass is 31.2. The number of ether oxygens (including phenoxy) is 4. The summed E-state index contributed by atoms with van der Waals surface area (Å²) in [7, 11) is -10.0. The first-order chi connectivity index (χ1) is 51.7. The molecule has 106 heavy (non-hydrogen) atoms. The van der Waals surface area contributed by atoms with E-state index in [0.717, 1.165) is 173 Å². The lowest BCUT2D eigenvalue weighted by atomic mass is 10.1. The number of unbranched alkanes of at least 4 members (excludes halogenated alkanes) is 17. The summed E-state index contributed by atoms with van der Waals surface area (Å²) in [6.07, 6.45) is 93.1. The molecule has 0 heterocycles. The molecule has 0 saturated carbocycles. The molecule has 0 spiro atoms. The molecule has 0 aromatic carbocycles. The average molecular weight is 1520 g/mol. The number of carbonyl (C=O) groups excluding carboxylic acids is 4. The zero-order valence-electron chi connectivity index (χ0n) is 65.5. The number of esters is 4. The molecule has 0 aliphatic carbocycles. The molecule has 5 atom stereocenters. The quantitative estimate of drug-likeness (QED) is 0.0169. The van der Waals surface area contributed by atoms with Crippen LogP contribution >= 0.6 is 15.6 Å². The minimum atomic E-state index is -5.01. The molecular formula is C87H140O17P2. The highest BCUT2D eigenvalue weighted by Gasteiger charge is 2.30. The summed E-state index contributed by atoms with van der Waals surface area (Å²) in [4.78, 5) is 73.0. The molecule has 0 rings (SSSR count). The van der Waals surface area contributed by atoms with E-state index in [2.05, 4.69) is 210 Å². The van der Waals surface area contributed by atoms with E-state index < -0.39 is 97.5 Å². The van der Waals surface area contributed by atoms with Crippen molar-refractivity contribution < 1.29 is 80.2 Å². The van der Waals surface area contributed by atoms with Gasteiger partial charge < -0.3 is 33.8 Å². The maximum Gasteiger partial charge on any atom is 0.472 e. The fraction of sp³-hybridized carbons (Fsp3) is 0.609. The van der Waals surface area contributed by atoms with Crippen molar-refractivity contribution in [3.63, 3.8) is 0 Å². The first-order valence-electron chi connectivity index (χ1n) is 40.0. The van der Waals surface area contributed by atoms with E-state index in [0.29, 0.717) is 32.1 Å². The Morgan fingerprint density at radius 1 is 0.274 bits per heavy atom. The van der Waals surface area contributed by atoms with Gasteiger partial charge >= 0.3 is 39.5 Å². The topological polar surface area (TPSA) is 237 Å². The van der Waals surface area contributed by atoms with Crippen LogP contribution < -0.4 is 0 Å². The van der Waals surface area contributed by atoms with Gasteiger partial charge in [-0.3, -0.25) is 37.3 Å². The smallest absolute Gasteiger partial charge is 0.462 e. The van der Waals surface area contributed by atoms with Gasteiger partial charge in [-0.2, -0.15) is 0 Å².